The zero-order valence-electron chi connectivity index (χ0n) is 18.5. The number of ether oxygens (including phenoxy) is 1. The molecule has 1 atom stereocenters. The molecule has 0 heterocycles. The number of benzene rings is 2. The first-order valence-corrected chi connectivity index (χ1v) is 10.7. The minimum absolute atomic E-state index is 0.0710. The predicted molar refractivity (Wildman–Crippen MR) is 115 cm³/mol. The summed E-state index contributed by atoms with van der Waals surface area (Å²) in [5, 5.41) is 11.8. The lowest BCUT2D eigenvalue weighted by Gasteiger charge is -2.16. The number of hydrogen-bond acceptors (Lipinski definition) is 3. The monoisotopic (exact) mass is 469 g/mol. The maximum atomic E-state index is 14.1. The normalized spacial score (nSPS) is 12.3. The Morgan fingerprint density at radius 1 is 1.12 bits per heavy atom. The third-order valence-corrected chi connectivity index (χ3v) is 5.18. The van der Waals surface area contributed by atoms with Gasteiger partial charge in [0.25, 0.3) is 5.91 Å². The molecule has 1 amide bonds. The van der Waals surface area contributed by atoms with Gasteiger partial charge in [-0.05, 0) is 49.1 Å². The lowest BCUT2D eigenvalue weighted by molar-refractivity contribution is -0.141. The Bertz CT molecular complexity index is 975. The number of carbonyl (C=O) groups excluding carboxylic acids is 1. The van der Waals surface area contributed by atoms with Crippen LogP contribution in [-0.4, -0.2) is 23.6 Å². The average molecular weight is 469 g/mol. The van der Waals surface area contributed by atoms with Crippen LogP contribution in [-0.2, 0) is 23.9 Å². The molecule has 0 saturated heterocycles. The van der Waals surface area contributed by atoms with E-state index >= 15 is 0 Å². The second-order valence-corrected chi connectivity index (χ2v) is 7.67. The van der Waals surface area contributed by atoms with Gasteiger partial charge in [0.2, 0.25) is 0 Å². The van der Waals surface area contributed by atoms with E-state index in [-0.39, 0.29) is 19.0 Å². The Balaban J connectivity index is 2.21. The quantitative estimate of drug-likeness (QED) is 0.332. The number of amides is 1. The lowest BCUT2D eigenvalue weighted by atomic mass is 9.95. The predicted octanol–water partition coefficient (Wildman–Crippen LogP) is 5.61. The van der Waals surface area contributed by atoms with Crippen molar-refractivity contribution in [3.05, 3.63) is 64.5 Å². The van der Waals surface area contributed by atoms with Crippen molar-refractivity contribution in [2.75, 3.05) is 6.61 Å². The van der Waals surface area contributed by atoms with Crippen molar-refractivity contribution >= 4 is 11.9 Å². The third-order valence-electron chi connectivity index (χ3n) is 5.18. The van der Waals surface area contributed by atoms with E-state index in [1.54, 1.807) is 25.1 Å². The Kier molecular flexibility index (Phi) is 9.25. The second-order valence-electron chi connectivity index (χ2n) is 7.67. The molecular formula is C24H27F4NO4. The SMILES string of the molecule is CCCCOc1ccc(CC(CC)C(=O)O)cc1CNC(=O)c1ccc(C(F)(F)F)cc1F. The number of alkyl halides is 3. The molecule has 0 aromatic heterocycles. The number of unbranched alkanes of at least 4 members (excludes halogenated alkanes) is 1. The zero-order valence-corrected chi connectivity index (χ0v) is 18.5. The molecule has 0 radical (unpaired) electrons. The molecule has 5 nitrogen and oxygen atoms in total. The van der Waals surface area contributed by atoms with Gasteiger partial charge in [0.1, 0.15) is 11.6 Å². The van der Waals surface area contributed by atoms with Crippen LogP contribution in [0, 0.1) is 11.7 Å². The molecule has 33 heavy (non-hydrogen) atoms. The molecule has 0 saturated carbocycles. The highest BCUT2D eigenvalue weighted by Crippen LogP contribution is 2.30. The molecule has 2 aromatic carbocycles. The van der Waals surface area contributed by atoms with E-state index in [4.69, 9.17) is 4.74 Å². The van der Waals surface area contributed by atoms with Crippen molar-refractivity contribution in [2.45, 2.75) is 52.3 Å². The lowest BCUT2D eigenvalue weighted by Crippen LogP contribution is -2.24. The van der Waals surface area contributed by atoms with E-state index in [0.29, 0.717) is 30.4 Å². The number of carbonyl (C=O) groups is 2. The standard InChI is InChI=1S/C24H27F4NO4/c1-3-5-10-33-21-9-6-15(11-16(4-2)23(31)32)12-17(21)14-29-22(30)19-8-7-18(13-20(19)25)24(26,27)28/h6-9,12-13,16H,3-5,10-11,14H2,1-2H3,(H,29,30)(H,31,32). The molecule has 9 heteroatoms. The van der Waals surface area contributed by atoms with Crippen molar-refractivity contribution in [3.63, 3.8) is 0 Å². The summed E-state index contributed by atoms with van der Waals surface area (Å²) in [5.74, 6) is -3.14. The number of carboxylic acids is 1. The maximum Gasteiger partial charge on any atom is 0.416 e. The minimum Gasteiger partial charge on any atom is -0.493 e. The molecule has 0 spiro atoms. The fourth-order valence-electron chi connectivity index (χ4n) is 3.20. The van der Waals surface area contributed by atoms with E-state index in [1.807, 2.05) is 6.92 Å². The third kappa shape index (κ3) is 7.47. The summed E-state index contributed by atoms with van der Waals surface area (Å²) >= 11 is 0. The molecule has 0 aliphatic carbocycles. The number of rotatable bonds is 11. The topological polar surface area (TPSA) is 75.6 Å². The highest BCUT2D eigenvalue weighted by molar-refractivity contribution is 5.94. The van der Waals surface area contributed by atoms with E-state index in [2.05, 4.69) is 5.32 Å². The molecule has 180 valence electrons. The van der Waals surface area contributed by atoms with Crippen LogP contribution in [0.5, 0.6) is 5.75 Å². The van der Waals surface area contributed by atoms with Gasteiger partial charge in [0, 0.05) is 12.1 Å². The summed E-state index contributed by atoms with van der Waals surface area (Å²) in [6.45, 7) is 4.15. The number of hydrogen-bond donors (Lipinski definition) is 2. The maximum absolute atomic E-state index is 14.1. The van der Waals surface area contributed by atoms with Crippen LogP contribution in [0.1, 0.15) is 60.2 Å². The summed E-state index contributed by atoms with van der Waals surface area (Å²) in [7, 11) is 0. The number of nitrogens with one attached hydrogen (secondary N) is 1. The van der Waals surface area contributed by atoms with Gasteiger partial charge in [-0.1, -0.05) is 32.4 Å². The minimum atomic E-state index is -4.71. The largest absolute Gasteiger partial charge is 0.493 e. The molecule has 2 rings (SSSR count). The summed E-state index contributed by atoms with van der Waals surface area (Å²) in [6, 6.07) is 6.89. The fourth-order valence-corrected chi connectivity index (χ4v) is 3.20. The van der Waals surface area contributed by atoms with E-state index in [0.717, 1.165) is 24.5 Å². The molecule has 2 aromatic rings. The van der Waals surface area contributed by atoms with Gasteiger partial charge in [-0.25, -0.2) is 4.39 Å². The Morgan fingerprint density at radius 2 is 1.85 bits per heavy atom. The Morgan fingerprint density at radius 3 is 2.42 bits per heavy atom. The highest BCUT2D eigenvalue weighted by Gasteiger charge is 2.31. The number of aliphatic carboxylic acids is 1. The van der Waals surface area contributed by atoms with E-state index in [1.165, 1.54) is 0 Å². The number of halogens is 4. The number of carboxylic acid groups (broad SMARTS) is 1. The second kappa shape index (κ2) is 11.7. The molecule has 2 N–H and O–H groups in total. The summed E-state index contributed by atoms with van der Waals surface area (Å²) in [6.07, 6.45) is -2.26. The fraction of sp³-hybridized carbons (Fsp3) is 0.417. The molecule has 0 bridgehead atoms. The van der Waals surface area contributed by atoms with Crippen LogP contribution in [0.3, 0.4) is 0 Å². The molecule has 0 aliphatic rings. The smallest absolute Gasteiger partial charge is 0.416 e. The zero-order chi connectivity index (χ0) is 24.6. The summed E-state index contributed by atoms with van der Waals surface area (Å²) < 4.78 is 58.1. The van der Waals surface area contributed by atoms with Crippen LogP contribution in [0.15, 0.2) is 36.4 Å². The summed E-state index contributed by atoms with van der Waals surface area (Å²) in [4.78, 5) is 23.8. The van der Waals surface area contributed by atoms with Gasteiger partial charge in [-0.2, -0.15) is 13.2 Å². The van der Waals surface area contributed by atoms with Crippen LogP contribution < -0.4 is 10.1 Å². The van der Waals surface area contributed by atoms with Gasteiger partial charge >= 0.3 is 12.1 Å². The van der Waals surface area contributed by atoms with Crippen LogP contribution >= 0.6 is 0 Å². The molecule has 0 fully saturated rings. The molecule has 1 unspecified atom stereocenters. The van der Waals surface area contributed by atoms with Gasteiger partial charge in [-0.15, -0.1) is 0 Å². The van der Waals surface area contributed by atoms with Gasteiger partial charge in [0.05, 0.1) is 23.7 Å². The average Bonchev–Trinajstić information content (AvgIpc) is 2.76. The van der Waals surface area contributed by atoms with Crippen LogP contribution in [0.4, 0.5) is 17.6 Å². The van der Waals surface area contributed by atoms with Gasteiger partial charge in [0.15, 0.2) is 0 Å². The van der Waals surface area contributed by atoms with Gasteiger partial charge in [-0.3, -0.25) is 9.59 Å². The first-order chi connectivity index (χ1) is 15.6. The Labute approximate surface area is 189 Å². The molecular weight excluding hydrogens is 442 g/mol. The van der Waals surface area contributed by atoms with Crippen molar-refractivity contribution in [1.29, 1.82) is 0 Å². The Hall–Kier alpha value is -3.10. The van der Waals surface area contributed by atoms with Crippen LogP contribution in [0.2, 0.25) is 0 Å². The van der Waals surface area contributed by atoms with E-state index in [9.17, 15) is 32.3 Å². The van der Waals surface area contributed by atoms with Crippen molar-refractivity contribution in [1.82, 2.24) is 5.32 Å². The van der Waals surface area contributed by atoms with Crippen molar-refractivity contribution in [3.8, 4) is 5.75 Å². The first kappa shape index (κ1) is 26.2. The van der Waals surface area contributed by atoms with E-state index < -0.39 is 40.9 Å². The first-order valence-electron chi connectivity index (χ1n) is 10.7. The van der Waals surface area contributed by atoms with Gasteiger partial charge < -0.3 is 15.2 Å². The van der Waals surface area contributed by atoms with Crippen LogP contribution in [0.25, 0.3) is 0 Å². The van der Waals surface area contributed by atoms with Crippen molar-refractivity contribution < 1.29 is 37.0 Å². The van der Waals surface area contributed by atoms with Crippen molar-refractivity contribution in [2.24, 2.45) is 5.92 Å². The molecule has 0 aliphatic heterocycles. The summed E-state index contributed by atoms with van der Waals surface area (Å²) in [5.41, 5.74) is -0.397. The highest BCUT2D eigenvalue weighted by atomic mass is 19.4.